The van der Waals surface area contributed by atoms with Crippen molar-refractivity contribution in [1.29, 1.82) is 0 Å². The number of benzene rings is 1. The second kappa shape index (κ2) is 8.72. The van der Waals surface area contributed by atoms with Crippen molar-refractivity contribution in [2.75, 3.05) is 6.61 Å². The van der Waals surface area contributed by atoms with Gasteiger partial charge in [0.25, 0.3) is 0 Å². The van der Waals surface area contributed by atoms with Crippen LogP contribution in [0.2, 0.25) is 0 Å². The summed E-state index contributed by atoms with van der Waals surface area (Å²) >= 11 is 0. The van der Waals surface area contributed by atoms with Crippen LogP contribution in [0.5, 0.6) is 0 Å². The number of esters is 1. The molecule has 2 N–H and O–H groups in total. The number of halogens is 4. The van der Waals surface area contributed by atoms with Gasteiger partial charge in [-0.3, -0.25) is 4.79 Å². The molecule has 1 saturated carbocycles. The molecule has 1 aromatic rings. The third-order valence-corrected chi connectivity index (χ3v) is 4.61. The molecule has 0 aliphatic heterocycles. The van der Waals surface area contributed by atoms with E-state index in [0.717, 1.165) is 12.6 Å². The summed E-state index contributed by atoms with van der Waals surface area (Å²) < 4.78 is 58.9. The number of ether oxygens (including phenoxy) is 1. The lowest BCUT2D eigenvalue weighted by Crippen LogP contribution is -2.50. The number of hydrogen-bond donors (Lipinski definition) is 2. The molecule has 0 saturated heterocycles. The fourth-order valence-electron chi connectivity index (χ4n) is 3.11. The van der Waals surface area contributed by atoms with Gasteiger partial charge in [-0.05, 0) is 45.6 Å². The molecule has 28 heavy (non-hydrogen) atoms. The number of hydrogen-bond acceptors (Lipinski definition) is 5. The highest BCUT2D eigenvalue weighted by Gasteiger charge is 2.38. The zero-order chi connectivity index (χ0) is 21.1. The third-order valence-electron chi connectivity index (χ3n) is 4.61. The van der Waals surface area contributed by atoms with Crippen LogP contribution in [0.25, 0.3) is 0 Å². The van der Waals surface area contributed by atoms with Gasteiger partial charge in [-0.2, -0.15) is 0 Å². The highest BCUT2D eigenvalue weighted by molar-refractivity contribution is 6.24. The second-order valence-electron chi connectivity index (χ2n) is 6.79. The topological polar surface area (TPSA) is 75.6 Å². The van der Waals surface area contributed by atoms with Crippen LogP contribution in [0.4, 0.5) is 17.6 Å². The van der Waals surface area contributed by atoms with E-state index < -0.39 is 57.8 Å². The minimum atomic E-state index is -2.15. The van der Waals surface area contributed by atoms with Crippen LogP contribution in [0.1, 0.15) is 49.9 Å². The molecular formula is C19H21F4NO4. The molecule has 1 aliphatic rings. The van der Waals surface area contributed by atoms with Gasteiger partial charge in [0.1, 0.15) is 5.57 Å². The number of Topliss-reactive ketones (excluding diaryl/α,β-unsaturated/α-hetero) is 1. The molecule has 9 heteroatoms. The number of aliphatic hydroxyl groups excluding tert-OH is 1. The average Bonchev–Trinajstić information content (AvgIpc) is 2.60. The van der Waals surface area contributed by atoms with E-state index in [0.29, 0.717) is 19.3 Å². The maximum absolute atomic E-state index is 14.0. The minimum Gasteiger partial charge on any atom is -0.462 e. The molecule has 5 nitrogen and oxygen atoms in total. The summed E-state index contributed by atoms with van der Waals surface area (Å²) in [5, 5.41) is 12.5. The van der Waals surface area contributed by atoms with E-state index in [1.54, 1.807) is 6.92 Å². The van der Waals surface area contributed by atoms with Gasteiger partial charge in [-0.15, -0.1) is 0 Å². The average molecular weight is 403 g/mol. The quantitative estimate of drug-likeness (QED) is 0.102. The summed E-state index contributed by atoms with van der Waals surface area (Å²) in [4.78, 5) is 24.8. The Hall–Kier alpha value is -2.42. The lowest BCUT2D eigenvalue weighted by molar-refractivity contribution is -0.138. The van der Waals surface area contributed by atoms with Gasteiger partial charge < -0.3 is 15.2 Å². The van der Waals surface area contributed by atoms with E-state index in [2.05, 4.69) is 5.32 Å². The molecule has 0 amide bonds. The lowest BCUT2D eigenvalue weighted by Gasteiger charge is -2.43. The van der Waals surface area contributed by atoms with Crippen molar-refractivity contribution >= 4 is 11.8 Å². The number of aliphatic hydroxyl groups is 1. The van der Waals surface area contributed by atoms with Gasteiger partial charge in [0.05, 0.1) is 18.3 Å². The normalized spacial score (nSPS) is 16.9. The first-order valence-electron chi connectivity index (χ1n) is 8.82. The predicted octanol–water partition coefficient (Wildman–Crippen LogP) is 3.16. The highest BCUT2D eigenvalue weighted by Crippen LogP contribution is 2.36. The van der Waals surface area contributed by atoms with Gasteiger partial charge in [0, 0.05) is 11.7 Å². The Morgan fingerprint density at radius 2 is 1.89 bits per heavy atom. The van der Waals surface area contributed by atoms with Crippen LogP contribution < -0.4 is 5.32 Å². The van der Waals surface area contributed by atoms with Crippen LogP contribution in [0, 0.1) is 23.3 Å². The van der Waals surface area contributed by atoms with Crippen molar-refractivity contribution in [3.8, 4) is 0 Å². The van der Waals surface area contributed by atoms with Gasteiger partial charge >= 0.3 is 5.97 Å². The number of rotatable bonds is 8. The molecule has 0 bridgehead atoms. The first kappa shape index (κ1) is 21.9. The largest absolute Gasteiger partial charge is 0.462 e. The van der Waals surface area contributed by atoms with Gasteiger partial charge in [-0.25, -0.2) is 22.4 Å². The fourth-order valence-corrected chi connectivity index (χ4v) is 3.11. The summed E-state index contributed by atoms with van der Waals surface area (Å²) in [5.74, 6) is -10.4. The first-order valence-corrected chi connectivity index (χ1v) is 8.82. The Kier molecular flexibility index (Phi) is 6.82. The summed E-state index contributed by atoms with van der Waals surface area (Å²) in [5.41, 5.74) is -2.39. The lowest BCUT2D eigenvalue weighted by atomic mass is 9.73. The Labute approximate surface area is 159 Å². The molecule has 0 aromatic heterocycles. The highest BCUT2D eigenvalue weighted by atomic mass is 19.2. The fraction of sp³-hybridized carbons (Fsp3) is 0.474. The van der Waals surface area contributed by atoms with E-state index >= 15 is 0 Å². The molecule has 1 aliphatic carbocycles. The van der Waals surface area contributed by atoms with Crippen LogP contribution in [-0.2, 0) is 9.53 Å². The summed E-state index contributed by atoms with van der Waals surface area (Å²) in [7, 11) is 0. The van der Waals surface area contributed by atoms with Crippen LogP contribution in [-0.4, -0.2) is 35.1 Å². The first-order chi connectivity index (χ1) is 13.1. The molecule has 154 valence electrons. The van der Waals surface area contributed by atoms with E-state index in [4.69, 9.17) is 4.74 Å². The van der Waals surface area contributed by atoms with E-state index in [-0.39, 0.29) is 12.7 Å². The Morgan fingerprint density at radius 1 is 1.25 bits per heavy atom. The van der Waals surface area contributed by atoms with E-state index in [9.17, 15) is 32.3 Å². The van der Waals surface area contributed by atoms with Crippen LogP contribution in [0.15, 0.2) is 17.8 Å². The number of nitrogens with one attached hydrogen (secondary N) is 1. The van der Waals surface area contributed by atoms with Crippen molar-refractivity contribution in [3.05, 3.63) is 46.7 Å². The van der Waals surface area contributed by atoms with Gasteiger partial charge in [0.2, 0.25) is 5.78 Å². The maximum Gasteiger partial charge on any atom is 0.343 e. The van der Waals surface area contributed by atoms with E-state index in [1.807, 2.05) is 0 Å². The summed E-state index contributed by atoms with van der Waals surface area (Å²) in [6.45, 7) is 2.96. The Bertz CT molecular complexity index is 804. The van der Waals surface area contributed by atoms with Crippen LogP contribution in [0.3, 0.4) is 0 Å². The number of ketones is 1. The van der Waals surface area contributed by atoms with Crippen molar-refractivity contribution in [3.63, 3.8) is 0 Å². The molecule has 0 heterocycles. The zero-order valence-corrected chi connectivity index (χ0v) is 15.5. The molecule has 0 radical (unpaired) electrons. The molecule has 2 rings (SSSR count). The minimum absolute atomic E-state index is 0.100. The van der Waals surface area contributed by atoms with Crippen LogP contribution >= 0.6 is 0 Å². The van der Waals surface area contributed by atoms with E-state index in [1.165, 1.54) is 6.92 Å². The van der Waals surface area contributed by atoms with Crippen molar-refractivity contribution in [2.24, 2.45) is 0 Å². The molecular weight excluding hydrogens is 382 g/mol. The SMILES string of the molecule is CCOC(=O)C(=CNC1(CC(C)O)CCC1)C(=O)c1cc(F)c(F)c(F)c1F. The molecule has 1 atom stereocenters. The standard InChI is InChI=1S/C19H21F4NO4/c1-3-28-18(27)12(9-24-19(5-4-6-19)8-10(2)25)17(26)11-7-13(20)15(22)16(23)14(11)21/h7,9-10,24-25H,3-6,8H2,1-2H3. The predicted molar refractivity (Wildman–Crippen MR) is 91.3 cm³/mol. The zero-order valence-electron chi connectivity index (χ0n) is 15.5. The van der Waals surface area contributed by atoms with Gasteiger partial charge in [-0.1, -0.05) is 0 Å². The molecule has 1 aromatic carbocycles. The Balaban J connectivity index is 2.41. The second-order valence-corrected chi connectivity index (χ2v) is 6.79. The monoisotopic (exact) mass is 403 g/mol. The summed E-state index contributed by atoms with van der Waals surface area (Å²) in [6.07, 6.45) is 2.86. The number of carbonyl (C=O) groups is 2. The maximum atomic E-state index is 14.0. The van der Waals surface area contributed by atoms with Crippen molar-refractivity contribution in [1.82, 2.24) is 5.32 Å². The third kappa shape index (κ3) is 4.52. The van der Waals surface area contributed by atoms with Crippen molar-refractivity contribution < 1.29 is 37.0 Å². The molecule has 1 fully saturated rings. The molecule has 0 spiro atoms. The van der Waals surface area contributed by atoms with Crippen molar-refractivity contribution in [2.45, 2.75) is 51.2 Å². The number of carbonyl (C=O) groups excluding carboxylic acids is 2. The summed E-state index contributed by atoms with van der Waals surface area (Å²) in [6, 6.07) is 0.193. The smallest absolute Gasteiger partial charge is 0.343 e. The van der Waals surface area contributed by atoms with Gasteiger partial charge in [0.15, 0.2) is 23.3 Å². The molecule has 1 unspecified atom stereocenters. The Morgan fingerprint density at radius 3 is 2.39 bits per heavy atom.